The zero-order valence-electron chi connectivity index (χ0n) is 33.9. The summed E-state index contributed by atoms with van der Waals surface area (Å²) in [5.41, 5.74) is 19.7. The molecule has 3 rings (SSSR count). The topological polar surface area (TPSA) is 0 Å². The Morgan fingerprint density at radius 2 is 0.422 bits per heavy atom. The molecule has 0 aliphatic rings. The first-order chi connectivity index (χ1) is 19.5. The molecule has 0 saturated heterocycles. The van der Waals surface area contributed by atoms with E-state index in [2.05, 4.69) is 190 Å². The van der Waals surface area contributed by atoms with Gasteiger partial charge in [0.25, 0.3) is 0 Å². The van der Waals surface area contributed by atoms with Gasteiger partial charge in [0, 0.05) is 0 Å². The van der Waals surface area contributed by atoms with Crippen LogP contribution in [0.15, 0.2) is 30.3 Å². The highest BCUT2D eigenvalue weighted by molar-refractivity contribution is 5.47. The minimum Gasteiger partial charge on any atom is -0.0776 e. The van der Waals surface area contributed by atoms with Gasteiger partial charge in [-0.05, 0) is 172 Å². The fourth-order valence-electron chi connectivity index (χ4n) is 4.55. The van der Waals surface area contributed by atoms with E-state index in [0.717, 1.165) is 0 Å². The highest BCUT2D eigenvalue weighted by Gasteiger charge is 2.20. The maximum atomic E-state index is 2.29. The quantitative estimate of drug-likeness (QED) is 0.235. The second-order valence-electron chi connectivity index (χ2n) is 17.4. The average molecular weight is 619 g/mol. The Balaban J connectivity index is -0.000000514. The minimum absolute atomic E-state index is 0. The van der Waals surface area contributed by atoms with Gasteiger partial charge in [0.2, 0.25) is 0 Å². The van der Waals surface area contributed by atoms with Crippen LogP contribution in [0, 0.1) is 93.9 Å². The van der Waals surface area contributed by atoms with Gasteiger partial charge in [-0.25, -0.2) is 0 Å². The van der Waals surface area contributed by atoms with Gasteiger partial charge in [-0.15, -0.1) is 0 Å². The predicted molar refractivity (Wildman–Crippen MR) is 212 cm³/mol. The standard InChI is InChI=1S/C14H22.2C10H14.2C5H12.CH4/c1-9-8-10(2)12(4)13(11(9)3)14(5,6)7;2*1-7-5-9(3)10(4)6-8(7)2;2*1-5(2,3)4;/h8H,1-7H3;2*5-6H,1-4H3;2*1-4H3;1H4. The van der Waals surface area contributed by atoms with Crippen molar-refractivity contribution in [1.29, 1.82) is 0 Å². The van der Waals surface area contributed by atoms with Crippen molar-refractivity contribution in [2.24, 2.45) is 10.8 Å². The average Bonchev–Trinajstić information content (AvgIpc) is 2.78. The Morgan fingerprint density at radius 3 is 0.556 bits per heavy atom. The zero-order chi connectivity index (χ0) is 35.5. The smallest absolute Gasteiger partial charge is 0.0126 e. The summed E-state index contributed by atoms with van der Waals surface area (Å²) in [5.74, 6) is 0. The van der Waals surface area contributed by atoms with E-state index < -0.39 is 0 Å². The number of hydrogen-bond donors (Lipinski definition) is 0. The van der Waals surface area contributed by atoms with Crippen molar-refractivity contribution < 1.29 is 0 Å². The van der Waals surface area contributed by atoms with Crippen LogP contribution in [0.25, 0.3) is 0 Å². The molecule has 0 unspecified atom stereocenters. The van der Waals surface area contributed by atoms with Crippen molar-refractivity contribution in [2.45, 2.75) is 172 Å². The van der Waals surface area contributed by atoms with Crippen LogP contribution in [0.1, 0.15) is 156 Å². The lowest BCUT2D eigenvalue weighted by molar-refractivity contribution is 0.469. The predicted octanol–water partition coefficient (Wildman–Crippen LogP) is 14.8. The molecule has 0 aliphatic heterocycles. The van der Waals surface area contributed by atoms with Gasteiger partial charge in [-0.2, -0.15) is 0 Å². The summed E-state index contributed by atoms with van der Waals surface area (Å²) < 4.78 is 0. The first-order valence-electron chi connectivity index (χ1n) is 16.6. The van der Waals surface area contributed by atoms with Crippen molar-refractivity contribution in [1.82, 2.24) is 0 Å². The summed E-state index contributed by atoms with van der Waals surface area (Å²) in [7, 11) is 0. The summed E-state index contributed by atoms with van der Waals surface area (Å²) in [6, 6.07) is 11.3. The van der Waals surface area contributed by atoms with Crippen LogP contribution in [0.5, 0.6) is 0 Å². The first-order valence-corrected chi connectivity index (χ1v) is 16.6. The maximum Gasteiger partial charge on any atom is -0.0126 e. The molecule has 0 spiro atoms. The molecule has 0 saturated carbocycles. The van der Waals surface area contributed by atoms with Crippen molar-refractivity contribution in [3.63, 3.8) is 0 Å². The zero-order valence-corrected chi connectivity index (χ0v) is 33.9. The Labute approximate surface area is 284 Å². The van der Waals surface area contributed by atoms with Crippen molar-refractivity contribution in [3.8, 4) is 0 Å². The van der Waals surface area contributed by atoms with Crippen LogP contribution in [0.4, 0.5) is 0 Å². The summed E-state index contributed by atoms with van der Waals surface area (Å²) in [4.78, 5) is 0. The third-order valence-corrected chi connectivity index (χ3v) is 7.34. The molecule has 0 aliphatic carbocycles. The van der Waals surface area contributed by atoms with Gasteiger partial charge in [-0.1, -0.05) is 114 Å². The van der Waals surface area contributed by atoms with Crippen LogP contribution in [-0.4, -0.2) is 0 Å². The maximum absolute atomic E-state index is 2.29. The fourth-order valence-corrected chi connectivity index (χ4v) is 4.55. The second-order valence-corrected chi connectivity index (χ2v) is 17.4. The highest BCUT2D eigenvalue weighted by Crippen LogP contribution is 2.32. The van der Waals surface area contributed by atoms with Crippen LogP contribution in [-0.2, 0) is 5.41 Å². The lowest BCUT2D eigenvalue weighted by Gasteiger charge is -2.26. The molecule has 3 aromatic carbocycles. The van der Waals surface area contributed by atoms with Gasteiger partial charge in [0.1, 0.15) is 0 Å². The number of benzene rings is 3. The second kappa shape index (κ2) is 19.4. The molecule has 0 heteroatoms. The molecular formula is C45H78. The summed E-state index contributed by atoms with van der Waals surface area (Å²) in [6.07, 6.45) is 0. The lowest BCUT2D eigenvalue weighted by Crippen LogP contribution is -2.16. The minimum atomic E-state index is 0. The molecule has 0 radical (unpaired) electrons. The Morgan fingerprint density at radius 1 is 0.289 bits per heavy atom. The summed E-state index contributed by atoms with van der Waals surface area (Å²) in [6.45, 7) is 50.5. The fraction of sp³-hybridized carbons (Fsp3) is 0.600. The van der Waals surface area contributed by atoms with E-state index in [1.54, 1.807) is 0 Å². The molecule has 3 aromatic rings. The van der Waals surface area contributed by atoms with Crippen LogP contribution in [0.2, 0.25) is 0 Å². The number of hydrogen-bond acceptors (Lipinski definition) is 0. The van der Waals surface area contributed by atoms with Gasteiger partial charge >= 0.3 is 0 Å². The lowest BCUT2D eigenvalue weighted by atomic mass is 9.78. The van der Waals surface area contributed by atoms with E-state index in [-0.39, 0.29) is 12.8 Å². The number of rotatable bonds is 0. The van der Waals surface area contributed by atoms with Crippen molar-refractivity contribution >= 4 is 0 Å². The SMILES string of the molecule is C.CC(C)(C)C.CC(C)(C)C.Cc1cc(C)c(C)c(C(C)(C)C)c1C.Cc1cc(C)c(C)cc1C.Cc1cc(C)c(C)cc1C. The van der Waals surface area contributed by atoms with Gasteiger partial charge in [0.15, 0.2) is 0 Å². The van der Waals surface area contributed by atoms with E-state index in [9.17, 15) is 0 Å². The molecule has 0 aromatic heterocycles. The van der Waals surface area contributed by atoms with Gasteiger partial charge < -0.3 is 0 Å². The molecule has 0 heterocycles. The molecule has 0 N–H and O–H groups in total. The van der Waals surface area contributed by atoms with Crippen molar-refractivity contribution in [2.75, 3.05) is 0 Å². The highest BCUT2D eigenvalue weighted by atomic mass is 14.2. The first kappa shape index (κ1) is 47.1. The van der Waals surface area contributed by atoms with E-state index in [0.29, 0.717) is 10.8 Å². The summed E-state index contributed by atoms with van der Waals surface area (Å²) in [5, 5.41) is 0. The molecular weight excluding hydrogens is 540 g/mol. The Hall–Kier alpha value is -2.34. The molecule has 0 atom stereocenters. The van der Waals surface area contributed by atoms with E-state index in [4.69, 9.17) is 0 Å². The van der Waals surface area contributed by atoms with E-state index >= 15 is 0 Å². The van der Waals surface area contributed by atoms with Gasteiger partial charge in [0.05, 0.1) is 0 Å². The van der Waals surface area contributed by atoms with Crippen LogP contribution >= 0.6 is 0 Å². The Kier molecular flexibility index (Phi) is 20.2. The number of aryl methyl sites for hydroxylation is 10. The van der Waals surface area contributed by atoms with E-state index in [1.807, 2.05) is 0 Å². The monoisotopic (exact) mass is 619 g/mol. The van der Waals surface area contributed by atoms with Crippen LogP contribution in [0.3, 0.4) is 0 Å². The largest absolute Gasteiger partial charge is 0.0776 e. The molecule has 0 amide bonds. The molecule has 0 bridgehead atoms. The molecule has 258 valence electrons. The normalized spacial score (nSPS) is 10.8. The molecule has 0 nitrogen and oxygen atoms in total. The van der Waals surface area contributed by atoms with E-state index in [1.165, 1.54) is 72.3 Å². The Bertz CT molecular complexity index is 1100. The van der Waals surface area contributed by atoms with Crippen molar-refractivity contribution in [3.05, 3.63) is 103 Å². The molecule has 0 fully saturated rings. The van der Waals surface area contributed by atoms with Crippen LogP contribution < -0.4 is 0 Å². The third kappa shape index (κ3) is 21.2. The third-order valence-electron chi connectivity index (χ3n) is 7.34. The van der Waals surface area contributed by atoms with Gasteiger partial charge in [-0.3, -0.25) is 0 Å². The molecule has 45 heavy (non-hydrogen) atoms. The summed E-state index contributed by atoms with van der Waals surface area (Å²) >= 11 is 0.